The van der Waals surface area contributed by atoms with Crippen LogP contribution in [0.25, 0.3) is 0 Å². The van der Waals surface area contributed by atoms with Crippen molar-refractivity contribution in [1.82, 2.24) is 4.90 Å². The second kappa shape index (κ2) is 11.4. The van der Waals surface area contributed by atoms with Crippen molar-refractivity contribution in [2.75, 3.05) is 11.5 Å². The van der Waals surface area contributed by atoms with Gasteiger partial charge in [0.1, 0.15) is 11.6 Å². The quantitative estimate of drug-likeness (QED) is 0.290. The molecule has 0 aliphatic carbocycles. The van der Waals surface area contributed by atoms with E-state index in [-0.39, 0.29) is 29.5 Å². The predicted molar refractivity (Wildman–Crippen MR) is 154 cm³/mol. The Morgan fingerprint density at radius 3 is 2.27 bits per heavy atom. The Morgan fingerprint density at radius 1 is 1.02 bits per heavy atom. The van der Waals surface area contributed by atoms with Crippen LogP contribution >= 0.6 is 15.9 Å². The van der Waals surface area contributed by atoms with Crippen LogP contribution in [0.1, 0.15) is 64.4 Å². The molecule has 1 saturated heterocycles. The molecule has 10 nitrogen and oxygen atoms in total. The van der Waals surface area contributed by atoms with Crippen molar-refractivity contribution in [2.24, 2.45) is 0 Å². The summed E-state index contributed by atoms with van der Waals surface area (Å²) in [6, 6.07) is 11.8. The SMILES string of the molecule is CC(C)OC[C@@H]1[C@@H](OC(=O)c2ccccc2)[C@]2(OC(=O)N1C(C)C)C(=O)N(C(=O)OC(C)(C)C)c1c(Br)cccc12. The number of rotatable bonds is 6. The van der Waals surface area contributed by atoms with Crippen LogP contribution in [0.2, 0.25) is 0 Å². The molecule has 2 aromatic rings. The van der Waals surface area contributed by atoms with Crippen LogP contribution < -0.4 is 4.90 Å². The third-order valence-corrected chi connectivity index (χ3v) is 7.31. The van der Waals surface area contributed by atoms with Crippen LogP contribution in [0.15, 0.2) is 53.0 Å². The fourth-order valence-electron chi connectivity index (χ4n) is 5.05. The zero-order valence-electron chi connectivity index (χ0n) is 24.2. The molecule has 1 spiro atoms. The van der Waals surface area contributed by atoms with Gasteiger partial charge in [0.2, 0.25) is 0 Å². The van der Waals surface area contributed by atoms with Crippen molar-refractivity contribution < 1.29 is 38.1 Å². The standard InChI is InChI=1S/C30H35BrN2O8/c1-17(2)32-22(16-38-18(3)4)24(39-25(34)19-12-9-8-10-13-19)30(41-27(32)36)20-14-11-15-21(31)23(20)33(26(30)35)28(37)40-29(5,6)7/h8-15,17-18,22,24H,16H2,1-7H3/t22-,24-,30+/m1/s1. The minimum atomic E-state index is -2.20. The molecule has 0 aromatic heterocycles. The molecule has 2 heterocycles. The molecule has 11 heteroatoms. The number of para-hydroxylation sites is 1. The van der Waals surface area contributed by atoms with Gasteiger partial charge in [-0.05, 0) is 82.6 Å². The number of ether oxygens (including phenoxy) is 4. The lowest BCUT2D eigenvalue weighted by Crippen LogP contribution is -2.69. The summed E-state index contributed by atoms with van der Waals surface area (Å²) in [5, 5.41) is 0. The summed E-state index contributed by atoms with van der Waals surface area (Å²) < 4.78 is 24.1. The average Bonchev–Trinajstić information content (AvgIpc) is 3.12. The molecule has 0 N–H and O–H groups in total. The number of benzene rings is 2. The first-order chi connectivity index (χ1) is 19.2. The van der Waals surface area contributed by atoms with Gasteiger partial charge < -0.3 is 18.9 Å². The number of halogens is 1. The molecule has 1 fully saturated rings. The van der Waals surface area contributed by atoms with E-state index in [2.05, 4.69) is 15.9 Å². The minimum Gasteiger partial charge on any atom is -0.451 e. The Balaban J connectivity index is 1.95. The van der Waals surface area contributed by atoms with Gasteiger partial charge in [-0.15, -0.1) is 0 Å². The van der Waals surface area contributed by atoms with E-state index in [9.17, 15) is 19.2 Å². The molecule has 0 saturated carbocycles. The first-order valence-corrected chi connectivity index (χ1v) is 14.2. The molecule has 2 aliphatic rings. The van der Waals surface area contributed by atoms with Crippen LogP contribution in [-0.2, 0) is 29.3 Å². The van der Waals surface area contributed by atoms with Crippen molar-refractivity contribution in [2.45, 2.75) is 84.0 Å². The number of hydrogen-bond acceptors (Lipinski definition) is 8. The predicted octanol–water partition coefficient (Wildman–Crippen LogP) is 5.81. The molecule has 3 amide bonds. The second-order valence-corrected chi connectivity index (χ2v) is 12.4. The fraction of sp³-hybridized carbons (Fsp3) is 0.467. The highest BCUT2D eigenvalue weighted by Gasteiger charge is 2.69. The summed E-state index contributed by atoms with van der Waals surface area (Å²) in [5.41, 5.74) is -2.57. The molecule has 41 heavy (non-hydrogen) atoms. The molecule has 220 valence electrons. The highest BCUT2D eigenvalue weighted by molar-refractivity contribution is 9.10. The molecule has 2 aromatic carbocycles. The highest BCUT2D eigenvalue weighted by atomic mass is 79.9. The number of hydrogen-bond donors (Lipinski definition) is 0. The number of nitrogens with zero attached hydrogens (tertiary/aromatic N) is 2. The van der Waals surface area contributed by atoms with Crippen LogP contribution in [-0.4, -0.2) is 65.5 Å². The van der Waals surface area contributed by atoms with Crippen LogP contribution in [0.4, 0.5) is 15.3 Å². The minimum absolute atomic E-state index is 0.0670. The molecular weight excluding hydrogens is 596 g/mol. The van der Waals surface area contributed by atoms with E-state index in [1.54, 1.807) is 83.1 Å². The summed E-state index contributed by atoms with van der Waals surface area (Å²) in [6.07, 6.45) is -3.41. The molecular formula is C30H35BrN2O8. The lowest BCUT2D eigenvalue weighted by molar-refractivity contribution is -0.184. The van der Waals surface area contributed by atoms with Crippen LogP contribution in [0.3, 0.4) is 0 Å². The Labute approximate surface area is 248 Å². The average molecular weight is 632 g/mol. The smallest absolute Gasteiger partial charge is 0.421 e. The van der Waals surface area contributed by atoms with E-state index in [0.717, 1.165) is 4.90 Å². The summed E-state index contributed by atoms with van der Waals surface area (Å²) >= 11 is 3.45. The lowest BCUT2D eigenvalue weighted by atomic mass is 9.82. The summed E-state index contributed by atoms with van der Waals surface area (Å²) in [7, 11) is 0. The first-order valence-electron chi connectivity index (χ1n) is 13.4. The third kappa shape index (κ3) is 5.70. The van der Waals surface area contributed by atoms with Gasteiger partial charge in [0.15, 0.2) is 6.10 Å². The van der Waals surface area contributed by atoms with Gasteiger partial charge in [-0.25, -0.2) is 19.3 Å². The highest BCUT2D eigenvalue weighted by Crippen LogP contribution is 2.52. The van der Waals surface area contributed by atoms with E-state index in [1.807, 2.05) is 13.8 Å². The Bertz CT molecular complexity index is 1340. The summed E-state index contributed by atoms with van der Waals surface area (Å²) in [5.74, 6) is -1.64. The summed E-state index contributed by atoms with van der Waals surface area (Å²) in [4.78, 5) is 57.5. The maximum absolute atomic E-state index is 14.5. The van der Waals surface area contributed by atoms with Gasteiger partial charge in [-0.2, -0.15) is 0 Å². The maximum Gasteiger partial charge on any atom is 0.421 e. The Morgan fingerprint density at radius 2 is 1.68 bits per heavy atom. The van der Waals surface area contributed by atoms with Gasteiger partial charge >= 0.3 is 18.2 Å². The lowest BCUT2D eigenvalue weighted by Gasteiger charge is -2.49. The number of amides is 3. The summed E-state index contributed by atoms with van der Waals surface area (Å²) in [6.45, 7) is 12.2. The molecule has 2 aliphatic heterocycles. The zero-order valence-corrected chi connectivity index (χ0v) is 25.8. The number of carbonyl (C=O) groups excluding carboxylic acids is 4. The number of esters is 1. The third-order valence-electron chi connectivity index (χ3n) is 6.67. The van der Waals surface area contributed by atoms with Crippen molar-refractivity contribution in [1.29, 1.82) is 0 Å². The van der Waals surface area contributed by atoms with Crippen LogP contribution in [0.5, 0.6) is 0 Å². The molecule has 0 radical (unpaired) electrons. The van der Waals surface area contributed by atoms with Gasteiger partial charge in [0, 0.05) is 16.1 Å². The zero-order chi connectivity index (χ0) is 30.3. The molecule has 3 atom stereocenters. The van der Waals surface area contributed by atoms with E-state index in [4.69, 9.17) is 18.9 Å². The van der Waals surface area contributed by atoms with E-state index < -0.39 is 53.5 Å². The van der Waals surface area contributed by atoms with Crippen LogP contribution in [0, 0.1) is 0 Å². The molecule has 4 rings (SSSR count). The van der Waals surface area contributed by atoms with Gasteiger partial charge in [0.25, 0.3) is 11.5 Å². The van der Waals surface area contributed by atoms with E-state index in [1.165, 1.54) is 4.90 Å². The molecule has 0 unspecified atom stereocenters. The van der Waals surface area contributed by atoms with Gasteiger partial charge in [0.05, 0.1) is 24.0 Å². The Kier molecular flexibility index (Phi) is 8.52. The van der Waals surface area contributed by atoms with Gasteiger partial charge in [-0.1, -0.05) is 30.3 Å². The molecule has 0 bridgehead atoms. The Hall–Kier alpha value is -3.44. The van der Waals surface area contributed by atoms with E-state index >= 15 is 0 Å². The van der Waals surface area contributed by atoms with Crippen molar-refractivity contribution in [3.05, 3.63) is 64.1 Å². The number of imide groups is 1. The van der Waals surface area contributed by atoms with Crippen molar-refractivity contribution >= 4 is 45.7 Å². The number of carbonyl (C=O) groups is 4. The second-order valence-electron chi connectivity index (χ2n) is 11.5. The topological polar surface area (TPSA) is 112 Å². The maximum atomic E-state index is 14.5. The number of anilines is 1. The van der Waals surface area contributed by atoms with Crippen molar-refractivity contribution in [3.63, 3.8) is 0 Å². The largest absolute Gasteiger partial charge is 0.451 e. The van der Waals surface area contributed by atoms with Gasteiger partial charge in [-0.3, -0.25) is 9.69 Å². The van der Waals surface area contributed by atoms with Crippen molar-refractivity contribution in [3.8, 4) is 0 Å². The monoisotopic (exact) mass is 630 g/mol. The van der Waals surface area contributed by atoms with E-state index in [0.29, 0.717) is 4.47 Å². The fourth-order valence-corrected chi connectivity index (χ4v) is 5.60. The normalized spacial score (nSPS) is 22.3. The first kappa shape index (κ1) is 30.5. The number of fused-ring (bicyclic) bond motifs is 2.